The van der Waals surface area contributed by atoms with Crippen LogP contribution in [0.3, 0.4) is 0 Å². The van der Waals surface area contributed by atoms with Crippen LogP contribution in [-0.4, -0.2) is 19.1 Å². The third kappa shape index (κ3) is 4.93. The third-order valence-corrected chi connectivity index (χ3v) is 3.97. The molecule has 0 unspecified atom stereocenters. The molecule has 2 aromatic carbocycles. The lowest BCUT2D eigenvalue weighted by molar-refractivity contribution is -0.123. The molecule has 0 aliphatic heterocycles. The molecule has 0 aliphatic carbocycles. The predicted octanol–water partition coefficient (Wildman–Crippen LogP) is 4.29. The normalized spacial score (nSPS) is 11.8. The van der Waals surface area contributed by atoms with Crippen molar-refractivity contribution in [3.63, 3.8) is 0 Å². The van der Waals surface area contributed by atoms with Crippen molar-refractivity contribution in [2.24, 2.45) is 0 Å². The van der Waals surface area contributed by atoms with Crippen molar-refractivity contribution in [2.75, 3.05) is 13.2 Å². The molecule has 0 saturated carbocycles. The Balaban J connectivity index is 1.77. The molecule has 0 heterocycles. The summed E-state index contributed by atoms with van der Waals surface area (Å²) < 4.78 is 5.39. The Morgan fingerprint density at radius 3 is 2.55 bits per heavy atom. The fourth-order valence-electron chi connectivity index (χ4n) is 1.93. The number of rotatable bonds is 6. The van der Waals surface area contributed by atoms with Crippen LogP contribution in [-0.2, 0) is 4.79 Å². The van der Waals surface area contributed by atoms with E-state index in [-0.39, 0.29) is 18.4 Å². The van der Waals surface area contributed by atoms with Crippen molar-refractivity contribution in [2.45, 2.75) is 12.8 Å². The Bertz CT molecular complexity index is 632. The van der Waals surface area contributed by atoms with Gasteiger partial charge < -0.3 is 10.1 Å². The Hall–Kier alpha value is -1.71. The molecular formula is C17H17Cl2NO2. The molecule has 2 aromatic rings. The zero-order valence-corrected chi connectivity index (χ0v) is 13.7. The van der Waals surface area contributed by atoms with Gasteiger partial charge >= 0.3 is 0 Å². The van der Waals surface area contributed by atoms with Crippen LogP contribution in [0.1, 0.15) is 18.4 Å². The summed E-state index contributed by atoms with van der Waals surface area (Å²) in [6, 6.07) is 14.9. The van der Waals surface area contributed by atoms with E-state index in [9.17, 15) is 4.79 Å². The van der Waals surface area contributed by atoms with Gasteiger partial charge in [-0.2, -0.15) is 0 Å². The van der Waals surface area contributed by atoms with Gasteiger partial charge in [0.15, 0.2) is 6.61 Å². The van der Waals surface area contributed by atoms with Crippen LogP contribution in [0.2, 0.25) is 10.0 Å². The first-order valence-corrected chi connectivity index (χ1v) is 7.71. The minimum absolute atomic E-state index is 0.0561. The maximum atomic E-state index is 11.8. The number of halogens is 2. The molecular weight excluding hydrogens is 321 g/mol. The lowest BCUT2D eigenvalue weighted by Crippen LogP contribution is -2.31. The van der Waals surface area contributed by atoms with Crippen molar-refractivity contribution < 1.29 is 9.53 Å². The van der Waals surface area contributed by atoms with Gasteiger partial charge in [-0.05, 0) is 23.6 Å². The number of carbonyl (C=O) groups excluding carboxylic acids is 1. The highest BCUT2D eigenvalue weighted by molar-refractivity contribution is 6.42. The lowest BCUT2D eigenvalue weighted by atomic mass is 10.0. The summed E-state index contributed by atoms with van der Waals surface area (Å²) >= 11 is 11.7. The molecule has 116 valence electrons. The predicted molar refractivity (Wildman–Crippen MR) is 89.8 cm³/mol. The van der Waals surface area contributed by atoms with Crippen LogP contribution >= 0.6 is 23.2 Å². The van der Waals surface area contributed by atoms with Crippen LogP contribution in [0.25, 0.3) is 0 Å². The Morgan fingerprint density at radius 2 is 1.86 bits per heavy atom. The molecule has 0 aliphatic rings. The van der Waals surface area contributed by atoms with E-state index in [2.05, 4.69) is 12.2 Å². The molecule has 5 heteroatoms. The quantitative estimate of drug-likeness (QED) is 0.853. The molecule has 22 heavy (non-hydrogen) atoms. The summed E-state index contributed by atoms with van der Waals surface area (Å²) in [6.45, 7) is 2.57. The molecule has 0 aromatic heterocycles. The number of nitrogens with one attached hydrogen (secondary N) is 1. The van der Waals surface area contributed by atoms with E-state index in [4.69, 9.17) is 27.9 Å². The van der Waals surface area contributed by atoms with Gasteiger partial charge in [-0.25, -0.2) is 0 Å². The highest BCUT2D eigenvalue weighted by Crippen LogP contribution is 2.26. The summed E-state index contributed by atoms with van der Waals surface area (Å²) in [4.78, 5) is 11.8. The highest BCUT2D eigenvalue weighted by atomic mass is 35.5. The van der Waals surface area contributed by atoms with E-state index in [0.717, 1.165) is 0 Å². The average molecular weight is 338 g/mol. The molecule has 1 amide bonds. The zero-order chi connectivity index (χ0) is 15.9. The second-order valence-corrected chi connectivity index (χ2v) is 5.79. The average Bonchev–Trinajstić information content (AvgIpc) is 2.54. The molecule has 0 saturated heterocycles. The lowest BCUT2D eigenvalue weighted by Gasteiger charge is -2.13. The number of benzene rings is 2. The fourth-order valence-corrected chi connectivity index (χ4v) is 2.22. The van der Waals surface area contributed by atoms with Crippen LogP contribution < -0.4 is 10.1 Å². The Labute approximate surface area is 140 Å². The van der Waals surface area contributed by atoms with E-state index in [1.165, 1.54) is 5.56 Å². The monoisotopic (exact) mass is 337 g/mol. The summed E-state index contributed by atoms with van der Waals surface area (Å²) in [5.74, 6) is 0.588. The van der Waals surface area contributed by atoms with Gasteiger partial charge in [-0.15, -0.1) is 0 Å². The number of ether oxygens (including phenoxy) is 1. The van der Waals surface area contributed by atoms with E-state index in [1.54, 1.807) is 18.2 Å². The first kappa shape index (κ1) is 16.7. The summed E-state index contributed by atoms with van der Waals surface area (Å²) in [6.07, 6.45) is 0. The van der Waals surface area contributed by atoms with Crippen LogP contribution in [0.5, 0.6) is 5.75 Å². The second kappa shape index (κ2) is 8.06. The standard InChI is InChI=1S/C17H17Cl2NO2/c1-12(13-5-3-2-4-6-13)10-20-17(21)11-22-14-7-8-15(18)16(19)9-14/h2-9,12H,10-11H2,1H3,(H,20,21)/t12-/m1/s1. The first-order chi connectivity index (χ1) is 10.6. The van der Waals surface area contributed by atoms with Crippen molar-refractivity contribution >= 4 is 29.1 Å². The number of carbonyl (C=O) groups is 1. The number of hydrogen-bond acceptors (Lipinski definition) is 2. The Morgan fingerprint density at radius 1 is 1.14 bits per heavy atom. The topological polar surface area (TPSA) is 38.3 Å². The van der Waals surface area contributed by atoms with E-state index in [1.807, 2.05) is 30.3 Å². The van der Waals surface area contributed by atoms with Gasteiger partial charge in [-0.1, -0.05) is 60.5 Å². The second-order valence-electron chi connectivity index (χ2n) is 4.98. The minimum Gasteiger partial charge on any atom is -0.484 e. The van der Waals surface area contributed by atoms with E-state index in [0.29, 0.717) is 22.3 Å². The largest absolute Gasteiger partial charge is 0.484 e. The minimum atomic E-state index is -0.172. The molecule has 0 fully saturated rings. The Kier molecular flexibility index (Phi) is 6.10. The SMILES string of the molecule is C[C@H](CNC(=O)COc1ccc(Cl)c(Cl)c1)c1ccccc1. The molecule has 1 atom stereocenters. The highest BCUT2D eigenvalue weighted by Gasteiger charge is 2.08. The smallest absolute Gasteiger partial charge is 0.257 e. The molecule has 2 rings (SSSR count). The summed E-state index contributed by atoms with van der Waals surface area (Å²) in [5, 5.41) is 3.71. The summed E-state index contributed by atoms with van der Waals surface area (Å²) in [7, 11) is 0. The zero-order valence-electron chi connectivity index (χ0n) is 12.2. The van der Waals surface area contributed by atoms with Gasteiger partial charge in [0.1, 0.15) is 5.75 Å². The van der Waals surface area contributed by atoms with Gasteiger partial charge in [0, 0.05) is 12.6 Å². The fraction of sp³-hybridized carbons (Fsp3) is 0.235. The van der Waals surface area contributed by atoms with Gasteiger partial charge in [0.05, 0.1) is 10.0 Å². The number of hydrogen-bond donors (Lipinski definition) is 1. The van der Waals surface area contributed by atoms with Crippen molar-refractivity contribution in [1.29, 1.82) is 0 Å². The maximum Gasteiger partial charge on any atom is 0.257 e. The van der Waals surface area contributed by atoms with Crippen molar-refractivity contribution in [3.05, 3.63) is 64.1 Å². The molecule has 0 spiro atoms. The molecule has 0 bridgehead atoms. The van der Waals surface area contributed by atoms with E-state index >= 15 is 0 Å². The molecule has 0 radical (unpaired) electrons. The van der Waals surface area contributed by atoms with Crippen LogP contribution in [0.4, 0.5) is 0 Å². The number of amides is 1. The van der Waals surface area contributed by atoms with Crippen molar-refractivity contribution in [1.82, 2.24) is 5.32 Å². The summed E-state index contributed by atoms with van der Waals surface area (Å²) in [5.41, 5.74) is 1.19. The van der Waals surface area contributed by atoms with E-state index < -0.39 is 0 Å². The van der Waals surface area contributed by atoms with Crippen LogP contribution in [0.15, 0.2) is 48.5 Å². The maximum absolute atomic E-state index is 11.8. The van der Waals surface area contributed by atoms with Gasteiger partial charge in [0.2, 0.25) is 0 Å². The third-order valence-electron chi connectivity index (χ3n) is 3.24. The molecule has 1 N–H and O–H groups in total. The van der Waals surface area contributed by atoms with Crippen LogP contribution in [0, 0.1) is 0 Å². The van der Waals surface area contributed by atoms with Crippen molar-refractivity contribution in [3.8, 4) is 5.75 Å². The first-order valence-electron chi connectivity index (χ1n) is 6.95. The van der Waals surface area contributed by atoms with Gasteiger partial charge in [0.25, 0.3) is 5.91 Å². The van der Waals surface area contributed by atoms with Gasteiger partial charge in [-0.3, -0.25) is 4.79 Å². The molecule has 3 nitrogen and oxygen atoms in total.